The Labute approximate surface area is 321 Å². The molecule has 0 bridgehead atoms. The summed E-state index contributed by atoms with van der Waals surface area (Å²) in [7, 11) is 0. The van der Waals surface area contributed by atoms with E-state index in [1.54, 1.807) is 82.4 Å². The molecule has 4 aromatic carbocycles. The molecule has 1 unspecified atom stereocenters. The number of nitrogens with one attached hydrogen (secondary N) is 2. The number of unbranched alkanes of at least 4 members (excludes halogenated alkanes) is 2. The molecule has 3 N–H and O–H groups in total. The molecule has 0 spiro atoms. The molecule has 2 heterocycles. The number of benzene rings is 4. The van der Waals surface area contributed by atoms with E-state index in [2.05, 4.69) is 29.7 Å². The summed E-state index contributed by atoms with van der Waals surface area (Å²) in [4.78, 5) is 57.3. The molecule has 1 atom stereocenters. The van der Waals surface area contributed by atoms with Crippen molar-refractivity contribution < 1.29 is 19.5 Å². The second-order valence-corrected chi connectivity index (χ2v) is 13.8. The Morgan fingerprint density at radius 3 is 2.24 bits per heavy atom. The number of aromatic nitrogens is 2. The first-order valence-corrected chi connectivity index (χ1v) is 18.8. The van der Waals surface area contributed by atoms with Crippen LogP contribution in [0.15, 0.2) is 102 Å². The number of hydrogen-bond donors (Lipinski definition) is 3. The molecular formula is C43H47N7O5. The van der Waals surface area contributed by atoms with Crippen molar-refractivity contribution in [3.8, 4) is 5.69 Å². The fraction of sp³-hybridized carbons (Fsp3) is 0.302. The number of aliphatic hydroxyl groups is 1. The highest BCUT2D eigenvalue weighted by Crippen LogP contribution is 2.31. The van der Waals surface area contributed by atoms with E-state index in [9.17, 15) is 24.4 Å². The van der Waals surface area contributed by atoms with Gasteiger partial charge in [0.2, 0.25) is 0 Å². The van der Waals surface area contributed by atoms with Crippen LogP contribution in [0.5, 0.6) is 0 Å². The average Bonchev–Trinajstić information content (AvgIpc) is 3.61. The minimum atomic E-state index is -0.475. The lowest BCUT2D eigenvalue weighted by atomic mass is 9.93. The smallest absolute Gasteiger partial charge is 0.274 e. The number of aliphatic hydroxyl groups excluding tert-OH is 1. The van der Waals surface area contributed by atoms with Gasteiger partial charge in [0, 0.05) is 31.0 Å². The third kappa shape index (κ3) is 8.65. The Balaban J connectivity index is 1.37. The van der Waals surface area contributed by atoms with Crippen LogP contribution in [0.3, 0.4) is 0 Å². The number of anilines is 3. The SMILES string of the molecule is CCCCN(CCCC)C(=O)c1cc(C)n(-c2ccc(NC(=O)c3ccccc3Nc3ccccc3N=O)cc2C(=O)N2Cc3ccccc3CC2CO)n1. The van der Waals surface area contributed by atoms with Crippen LogP contribution >= 0.6 is 0 Å². The van der Waals surface area contributed by atoms with E-state index in [4.69, 9.17) is 5.10 Å². The van der Waals surface area contributed by atoms with E-state index in [1.807, 2.05) is 36.1 Å². The molecule has 5 aromatic rings. The van der Waals surface area contributed by atoms with E-state index < -0.39 is 11.9 Å². The number of amides is 3. The number of nitroso groups, excluding NO2 is 1. The van der Waals surface area contributed by atoms with Crippen LogP contribution in [0.4, 0.5) is 22.7 Å². The maximum atomic E-state index is 14.7. The highest BCUT2D eigenvalue weighted by Gasteiger charge is 2.32. The molecule has 0 saturated heterocycles. The van der Waals surface area contributed by atoms with Gasteiger partial charge in [0.25, 0.3) is 17.7 Å². The maximum absolute atomic E-state index is 14.7. The van der Waals surface area contributed by atoms with Crippen molar-refractivity contribution in [1.29, 1.82) is 0 Å². The predicted molar refractivity (Wildman–Crippen MR) is 214 cm³/mol. The second kappa shape index (κ2) is 17.8. The lowest BCUT2D eigenvalue weighted by Crippen LogP contribution is -2.46. The van der Waals surface area contributed by atoms with E-state index in [0.29, 0.717) is 53.5 Å². The van der Waals surface area contributed by atoms with Crippen molar-refractivity contribution >= 4 is 40.5 Å². The molecule has 1 aromatic heterocycles. The van der Waals surface area contributed by atoms with Crippen molar-refractivity contribution in [2.24, 2.45) is 5.18 Å². The molecule has 0 aliphatic carbocycles. The Kier molecular flexibility index (Phi) is 12.5. The fourth-order valence-electron chi connectivity index (χ4n) is 6.90. The first-order chi connectivity index (χ1) is 26.8. The molecule has 1 aliphatic rings. The number of rotatable bonds is 15. The maximum Gasteiger partial charge on any atom is 0.274 e. The molecule has 6 rings (SSSR count). The quantitative estimate of drug-likeness (QED) is 0.0917. The second-order valence-electron chi connectivity index (χ2n) is 13.8. The predicted octanol–water partition coefficient (Wildman–Crippen LogP) is 8.18. The summed E-state index contributed by atoms with van der Waals surface area (Å²) in [6.07, 6.45) is 4.18. The molecule has 12 heteroatoms. The molecule has 0 radical (unpaired) electrons. The number of carbonyl (C=O) groups is 3. The lowest BCUT2D eigenvalue weighted by Gasteiger charge is -2.36. The van der Waals surface area contributed by atoms with Gasteiger partial charge in [-0.25, -0.2) is 4.68 Å². The molecule has 0 saturated carbocycles. The van der Waals surface area contributed by atoms with Crippen molar-refractivity contribution in [2.75, 3.05) is 30.3 Å². The normalized spacial score (nSPS) is 13.5. The van der Waals surface area contributed by atoms with Crippen LogP contribution in [0, 0.1) is 11.8 Å². The number of aryl methyl sites for hydroxylation is 1. The first kappa shape index (κ1) is 38.6. The van der Waals surface area contributed by atoms with E-state index in [0.717, 1.165) is 36.8 Å². The summed E-state index contributed by atoms with van der Waals surface area (Å²) < 4.78 is 1.60. The van der Waals surface area contributed by atoms with Crippen LogP contribution in [0.2, 0.25) is 0 Å². The van der Waals surface area contributed by atoms with Gasteiger partial charge in [-0.05, 0) is 91.0 Å². The fourth-order valence-corrected chi connectivity index (χ4v) is 6.90. The van der Waals surface area contributed by atoms with Crippen LogP contribution in [0.1, 0.15) is 87.6 Å². The Morgan fingerprint density at radius 2 is 1.53 bits per heavy atom. The summed E-state index contributed by atoms with van der Waals surface area (Å²) in [6.45, 7) is 7.36. The van der Waals surface area contributed by atoms with Gasteiger partial charge in [0.05, 0.1) is 40.8 Å². The summed E-state index contributed by atoms with van der Waals surface area (Å²) in [5.74, 6) is -0.962. The van der Waals surface area contributed by atoms with Crippen LogP contribution < -0.4 is 10.6 Å². The standard InChI is InChI=1S/C43H47N7O5/c1-4-6-22-48(23-7-5-2)43(54)39-24-29(3)50(46-39)40-21-20-32(26-35(40)42(53)49-27-31-15-9-8-14-30(31)25-33(49)28-51)44-41(52)34-16-10-11-17-36(34)45-37-18-12-13-19-38(37)47-55/h8-21,24,26,33,45,51H,4-7,22-23,25,27-28H2,1-3H3,(H,44,52). The first-order valence-electron chi connectivity index (χ1n) is 18.8. The van der Waals surface area contributed by atoms with Gasteiger partial charge in [-0.3, -0.25) is 14.4 Å². The zero-order valence-corrected chi connectivity index (χ0v) is 31.5. The molecule has 0 fully saturated rings. The third-order valence-electron chi connectivity index (χ3n) is 9.94. The van der Waals surface area contributed by atoms with Gasteiger partial charge < -0.3 is 25.5 Å². The van der Waals surface area contributed by atoms with Gasteiger partial charge in [0.15, 0.2) is 5.69 Å². The van der Waals surface area contributed by atoms with E-state index >= 15 is 0 Å². The lowest BCUT2D eigenvalue weighted by molar-refractivity contribution is 0.0544. The van der Waals surface area contributed by atoms with Crippen molar-refractivity contribution in [3.05, 3.63) is 136 Å². The molecule has 55 heavy (non-hydrogen) atoms. The Hall–Kier alpha value is -6.14. The number of nitrogens with zero attached hydrogens (tertiary/aromatic N) is 5. The molecule has 284 valence electrons. The Morgan fingerprint density at radius 1 is 0.855 bits per heavy atom. The molecule has 1 aliphatic heterocycles. The van der Waals surface area contributed by atoms with Crippen LogP contribution in [-0.4, -0.2) is 68.1 Å². The van der Waals surface area contributed by atoms with Gasteiger partial charge >= 0.3 is 0 Å². The van der Waals surface area contributed by atoms with Gasteiger partial charge in [0.1, 0.15) is 5.69 Å². The third-order valence-corrected chi connectivity index (χ3v) is 9.94. The zero-order valence-electron chi connectivity index (χ0n) is 31.5. The minimum absolute atomic E-state index is 0.160. The summed E-state index contributed by atoms with van der Waals surface area (Å²) in [5.41, 5.74) is 5.45. The molecular weight excluding hydrogens is 695 g/mol. The van der Waals surface area contributed by atoms with Crippen molar-refractivity contribution in [3.63, 3.8) is 0 Å². The number of carbonyl (C=O) groups excluding carboxylic acids is 3. The Bertz CT molecular complexity index is 2170. The topological polar surface area (TPSA) is 149 Å². The van der Waals surface area contributed by atoms with E-state index in [1.165, 1.54) is 0 Å². The van der Waals surface area contributed by atoms with Crippen molar-refractivity contribution in [2.45, 2.75) is 65.5 Å². The summed E-state index contributed by atoms with van der Waals surface area (Å²) in [6, 6.07) is 27.8. The molecule has 12 nitrogen and oxygen atoms in total. The zero-order chi connectivity index (χ0) is 38.9. The average molecular weight is 742 g/mol. The highest BCUT2D eigenvalue weighted by atomic mass is 16.3. The van der Waals surface area contributed by atoms with Gasteiger partial charge in [-0.2, -0.15) is 5.10 Å². The number of para-hydroxylation sites is 2. The van der Waals surface area contributed by atoms with Crippen LogP contribution in [-0.2, 0) is 13.0 Å². The minimum Gasteiger partial charge on any atom is -0.394 e. The van der Waals surface area contributed by atoms with Gasteiger partial charge in [-0.15, -0.1) is 4.91 Å². The van der Waals surface area contributed by atoms with Crippen molar-refractivity contribution in [1.82, 2.24) is 19.6 Å². The summed E-state index contributed by atoms with van der Waals surface area (Å²) >= 11 is 0. The van der Waals surface area contributed by atoms with E-state index in [-0.39, 0.29) is 41.9 Å². The largest absolute Gasteiger partial charge is 0.394 e. The molecule has 3 amide bonds. The number of hydrogen-bond acceptors (Lipinski definition) is 8. The number of fused-ring (bicyclic) bond motifs is 1. The van der Waals surface area contributed by atoms with Gasteiger partial charge in [-0.1, -0.05) is 75.2 Å². The monoisotopic (exact) mass is 741 g/mol. The summed E-state index contributed by atoms with van der Waals surface area (Å²) in [5, 5.41) is 24.4. The van der Waals surface area contributed by atoms with Crippen LogP contribution in [0.25, 0.3) is 5.69 Å². The highest BCUT2D eigenvalue weighted by molar-refractivity contribution is 6.09.